The highest BCUT2D eigenvalue weighted by atomic mass is 32.2. The van der Waals surface area contributed by atoms with E-state index in [1.54, 1.807) is 36.3 Å². The van der Waals surface area contributed by atoms with Gasteiger partial charge in [0.2, 0.25) is 0 Å². The maximum Gasteiger partial charge on any atom is 0.251 e. The number of hydrogen-bond acceptors (Lipinski definition) is 7. The van der Waals surface area contributed by atoms with E-state index in [-0.39, 0.29) is 11.9 Å². The molecule has 1 amide bonds. The van der Waals surface area contributed by atoms with Gasteiger partial charge in [-0.05, 0) is 24.3 Å². The van der Waals surface area contributed by atoms with Gasteiger partial charge >= 0.3 is 0 Å². The smallest absolute Gasteiger partial charge is 0.251 e. The number of carbonyl (C=O) groups is 1. The molecule has 1 saturated heterocycles. The maximum atomic E-state index is 12.2. The number of amides is 1. The van der Waals surface area contributed by atoms with Crippen LogP contribution in [0.3, 0.4) is 0 Å². The Kier molecular flexibility index (Phi) is 6.54. The minimum atomic E-state index is -0.606. The minimum absolute atomic E-state index is 0.178. The van der Waals surface area contributed by atoms with Crippen LogP contribution in [-0.4, -0.2) is 61.9 Å². The molecule has 0 aromatic carbocycles. The Morgan fingerprint density at radius 2 is 2.08 bits per heavy atom. The molecule has 2 aromatic heterocycles. The van der Waals surface area contributed by atoms with Crippen LogP contribution >= 0.6 is 11.8 Å². The Balaban J connectivity index is 1.51. The van der Waals surface area contributed by atoms with E-state index >= 15 is 0 Å². The molecular formula is C18H23N5O2S. The summed E-state index contributed by atoms with van der Waals surface area (Å²) >= 11 is 1.61. The fourth-order valence-corrected chi connectivity index (χ4v) is 3.46. The van der Waals surface area contributed by atoms with Crippen LogP contribution in [0.25, 0.3) is 0 Å². The lowest BCUT2D eigenvalue weighted by molar-refractivity contribution is 0.0349. The predicted octanol–water partition coefficient (Wildman–Crippen LogP) is 1.35. The number of rotatable bonds is 6. The van der Waals surface area contributed by atoms with E-state index in [2.05, 4.69) is 32.1 Å². The number of aliphatic hydroxyl groups is 1. The first-order valence-corrected chi connectivity index (χ1v) is 9.69. The van der Waals surface area contributed by atoms with Crippen molar-refractivity contribution in [1.82, 2.24) is 25.2 Å². The van der Waals surface area contributed by atoms with E-state index in [1.165, 1.54) is 0 Å². The van der Waals surface area contributed by atoms with Gasteiger partial charge < -0.3 is 10.4 Å². The number of pyridine rings is 1. The first-order valence-electron chi connectivity index (χ1n) is 8.70. The second-order valence-electron chi connectivity index (χ2n) is 6.21. The highest BCUT2D eigenvalue weighted by Crippen LogP contribution is 2.16. The molecule has 2 aromatic rings. The Morgan fingerprint density at radius 1 is 1.35 bits per heavy atom. The fourth-order valence-electron chi connectivity index (χ4n) is 2.95. The zero-order chi connectivity index (χ0) is 18.4. The van der Waals surface area contributed by atoms with Gasteiger partial charge in [-0.3, -0.25) is 14.7 Å². The molecule has 1 fully saturated rings. The molecule has 3 rings (SSSR count). The van der Waals surface area contributed by atoms with Gasteiger partial charge in [-0.15, -0.1) is 0 Å². The molecule has 138 valence electrons. The standard InChI is InChI=1S/C18H23N5O2S/c1-2-26-18-20-9-13(10-21-18)11-23-8-5-15(16(24)12-23)22-17(25)14-3-6-19-7-4-14/h3-4,6-7,9-10,15-16,24H,2,5,8,11-12H2,1H3,(H,22,25). The van der Waals surface area contributed by atoms with E-state index in [0.717, 1.165) is 23.0 Å². The van der Waals surface area contributed by atoms with E-state index in [9.17, 15) is 9.90 Å². The highest BCUT2D eigenvalue weighted by Gasteiger charge is 2.29. The molecule has 1 aliphatic rings. The van der Waals surface area contributed by atoms with Gasteiger partial charge in [-0.25, -0.2) is 9.97 Å². The Bertz CT molecular complexity index is 713. The molecule has 0 bridgehead atoms. The number of β-amino-alcohol motifs (C(OH)–C–C–N with tert-alkyl or cyclic N) is 1. The van der Waals surface area contributed by atoms with Gasteiger partial charge in [-0.2, -0.15) is 0 Å². The number of hydrogen-bond donors (Lipinski definition) is 2. The van der Waals surface area contributed by atoms with E-state index < -0.39 is 6.10 Å². The van der Waals surface area contributed by atoms with Crippen LogP contribution in [0.2, 0.25) is 0 Å². The summed E-state index contributed by atoms with van der Waals surface area (Å²) in [5.41, 5.74) is 1.58. The van der Waals surface area contributed by atoms with Gasteiger partial charge in [0.05, 0.1) is 12.1 Å². The van der Waals surface area contributed by atoms with Crippen molar-refractivity contribution in [2.24, 2.45) is 0 Å². The van der Waals surface area contributed by atoms with Crippen LogP contribution < -0.4 is 5.32 Å². The second-order valence-corrected chi connectivity index (χ2v) is 7.45. The average molecular weight is 373 g/mol. The Hall–Kier alpha value is -2.03. The van der Waals surface area contributed by atoms with Crippen molar-refractivity contribution in [3.05, 3.63) is 48.0 Å². The molecule has 0 radical (unpaired) electrons. The zero-order valence-electron chi connectivity index (χ0n) is 14.7. The molecule has 0 aliphatic carbocycles. The topological polar surface area (TPSA) is 91.2 Å². The quantitative estimate of drug-likeness (QED) is 0.583. The maximum absolute atomic E-state index is 12.2. The summed E-state index contributed by atoms with van der Waals surface area (Å²) < 4.78 is 0. The summed E-state index contributed by atoms with van der Waals surface area (Å²) in [5, 5.41) is 14.1. The van der Waals surface area contributed by atoms with Crippen molar-refractivity contribution in [2.75, 3.05) is 18.8 Å². The van der Waals surface area contributed by atoms with Crippen LogP contribution in [0.5, 0.6) is 0 Å². The van der Waals surface area contributed by atoms with Crippen LogP contribution in [-0.2, 0) is 6.54 Å². The summed E-state index contributed by atoms with van der Waals surface area (Å²) in [6.07, 6.45) is 6.94. The van der Waals surface area contributed by atoms with E-state index in [0.29, 0.717) is 25.1 Å². The number of nitrogens with zero attached hydrogens (tertiary/aromatic N) is 4. The second kappa shape index (κ2) is 9.07. The molecule has 3 heterocycles. The van der Waals surface area contributed by atoms with Crippen LogP contribution in [0, 0.1) is 0 Å². The lowest BCUT2D eigenvalue weighted by Crippen LogP contribution is -2.53. The molecular weight excluding hydrogens is 350 g/mol. The molecule has 0 spiro atoms. The van der Waals surface area contributed by atoms with Gasteiger partial charge in [0, 0.05) is 55.5 Å². The van der Waals surface area contributed by atoms with Crippen molar-refractivity contribution in [3.8, 4) is 0 Å². The van der Waals surface area contributed by atoms with Crippen molar-refractivity contribution >= 4 is 17.7 Å². The lowest BCUT2D eigenvalue weighted by Gasteiger charge is -2.36. The summed E-state index contributed by atoms with van der Waals surface area (Å²) in [6, 6.07) is 3.08. The van der Waals surface area contributed by atoms with Gasteiger partial charge in [-0.1, -0.05) is 18.7 Å². The number of thioether (sulfide) groups is 1. The summed E-state index contributed by atoms with van der Waals surface area (Å²) in [5.74, 6) is 0.770. The molecule has 1 aliphatic heterocycles. The predicted molar refractivity (Wildman–Crippen MR) is 99.8 cm³/mol. The monoisotopic (exact) mass is 373 g/mol. The molecule has 2 N–H and O–H groups in total. The largest absolute Gasteiger partial charge is 0.390 e. The van der Waals surface area contributed by atoms with Gasteiger partial charge in [0.1, 0.15) is 0 Å². The van der Waals surface area contributed by atoms with Crippen molar-refractivity contribution in [1.29, 1.82) is 0 Å². The molecule has 26 heavy (non-hydrogen) atoms. The molecule has 0 saturated carbocycles. The third-order valence-electron chi connectivity index (χ3n) is 4.29. The molecule has 7 nitrogen and oxygen atoms in total. The number of likely N-dealkylation sites (tertiary alicyclic amines) is 1. The number of carbonyl (C=O) groups excluding carboxylic acids is 1. The molecule has 8 heteroatoms. The van der Waals surface area contributed by atoms with Crippen LogP contribution in [0.15, 0.2) is 42.1 Å². The molecule has 2 unspecified atom stereocenters. The fraction of sp³-hybridized carbons (Fsp3) is 0.444. The van der Waals surface area contributed by atoms with Gasteiger partial charge in [0.15, 0.2) is 5.16 Å². The SMILES string of the molecule is CCSc1ncc(CN2CCC(NC(=O)c3ccncc3)C(O)C2)cn1. The summed E-state index contributed by atoms with van der Waals surface area (Å²) in [7, 11) is 0. The Labute approximate surface area is 157 Å². The third kappa shape index (κ3) is 5.00. The minimum Gasteiger partial charge on any atom is -0.390 e. The van der Waals surface area contributed by atoms with Crippen molar-refractivity contribution < 1.29 is 9.90 Å². The molecule has 2 atom stereocenters. The third-order valence-corrected chi connectivity index (χ3v) is 5.04. The first kappa shape index (κ1) is 18.8. The van der Waals surface area contributed by atoms with Gasteiger partial charge in [0.25, 0.3) is 5.91 Å². The Morgan fingerprint density at radius 3 is 2.73 bits per heavy atom. The number of aromatic nitrogens is 3. The normalized spacial score (nSPS) is 20.7. The van der Waals surface area contributed by atoms with Crippen LogP contribution in [0.1, 0.15) is 29.3 Å². The summed E-state index contributed by atoms with van der Waals surface area (Å²) in [6.45, 7) is 4.07. The number of nitrogens with one attached hydrogen (secondary N) is 1. The first-order chi connectivity index (χ1) is 12.7. The zero-order valence-corrected chi connectivity index (χ0v) is 15.5. The lowest BCUT2D eigenvalue weighted by atomic mass is 10.0. The highest BCUT2D eigenvalue weighted by molar-refractivity contribution is 7.99. The average Bonchev–Trinajstić information content (AvgIpc) is 2.66. The summed E-state index contributed by atoms with van der Waals surface area (Å²) in [4.78, 5) is 27.0. The van der Waals surface area contributed by atoms with E-state index in [4.69, 9.17) is 0 Å². The van der Waals surface area contributed by atoms with E-state index in [1.807, 2.05) is 12.4 Å². The van der Waals surface area contributed by atoms with Crippen molar-refractivity contribution in [2.45, 2.75) is 37.2 Å². The number of piperidine rings is 1. The van der Waals surface area contributed by atoms with Crippen molar-refractivity contribution in [3.63, 3.8) is 0 Å². The van der Waals surface area contributed by atoms with Crippen LogP contribution in [0.4, 0.5) is 0 Å². The number of aliphatic hydroxyl groups excluding tert-OH is 1.